The van der Waals surface area contributed by atoms with Crippen LogP contribution in [0.2, 0.25) is 0 Å². The summed E-state index contributed by atoms with van der Waals surface area (Å²) in [5.41, 5.74) is 15.3. The molecule has 2 amide bonds. The number of amides is 2. The number of benzene rings is 2. The van der Waals surface area contributed by atoms with E-state index in [-0.39, 0.29) is 24.5 Å². The zero-order valence-electron chi connectivity index (χ0n) is 18.7. The van der Waals surface area contributed by atoms with Crippen molar-refractivity contribution in [2.24, 2.45) is 11.5 Å². The molecule has 8 heteroatoms. The molecule has 0 radical (unpaired) electrons. The highest BCUT2D eigenvalue weighted by molar-refractivity contribution is 5.89. The van der Waals surface area contributed by atoms with Gasteiger partial charge in [0.15, 0.2) is 6.04 Å². The van der Waals surface area contributed by atoms with E-state index in [0.29, 0.717) is 24.4 Å². The first-order valence-electron chi connectivity index (χ1n) is 10.9. The summed E-state index contributed by atoms with van der Waals surface area (Å²) in [6, 6.07) is 14.6. The minimum absolute atomic E-state index is 0.00225. The van der Waals surface area contributed by atoms with E-state index in [1.54, 1.807) is 0 Å². The SMILES string of the molecule is C=C(C)C(=O)ON(C(=O)OCC1c2ccccc2-c2ccccc21)[C@@H](CCCCN)C(N)=O. The Labute approximate surface area is 193 Å². The second-order valence-electron chi connectivity index (χ2n) is 7.99. The molecule has 0 fully saturated rings. The molecule has 0 unspecified atom stereocenters. The lowest BCUT2D eigenvalue weighted by Gasteiger charge is -2.27. The number of fused-ring (bicyclic) bond motifs is 3. The van der Waals surface area contributed by atoms with Crippen molar-refractivity contribution in [2.75, 3.05) is 13.2 Å². The van der Waals surface area contributed by atoms with Crippen LogP contribution in [0.25, 0.3) is 11.1 Å². The lowest BCUT2D eigenvalue weighted by molar-refractivity contribution is -0.187. The molecule has 3 rings (SSSR count). The largest absolute Gasteiger partial charge is 0.446 e. The van der Waals surface area contributed by atoms with Gasteiger partial charge in [-0.2, -0.15) is 0 Å². The molecule has 0 bridgehead atoms. The van der Waals surface area contributed by atoms with Gasteiger partial charge in [-0.25, -0.2) is 9.59 Å². The predicted octanol–water partition coefficient (Wildman–Crippen LogP) is 3.25. The van der Waals surface area contributed by atoms with Gasteiger partial charge in [0.2, 0.25) is 5.91 Å². The predicted molar refractivity (Wildman–Crippen MR) is 124 cm³/mol. The third kappa shape index (κ3) is 5.40. The molecule has 0 saturated carbocycles. The lowest BCUT2D eigenvalue weighted by Crippen LogP contribution is -2.49. The molecule has 0 aliphatic heterocycles. The standard InChI is InChI=1S/C25H29N3O5/c1-16(2)24(30)33-28(22(23(27)29)13-7-8-14-26)25(31)32-15-21-19-11-5-3-9-17(19)18-10-4-6-12-20(18)21/h3-6,9-12,21-22H,1,7-8,13-15,26H2,2H3,(H2,27,29)/t22-/m0/s1. The van der Waals surface area contributed by atoms with Crippen LogP contribution in [0.5, 0.6) is 0 Å². The molecule has 2 aromatic rings. The molecule has 174 valence electrons. The van der Waals surface area contributed by atoms with E-state index >= 15 is 0 Å². The molecule has 1 atom stereocenters. The molecule has 8 nitrogen and oxygen atoms in total. The maximum absolute atomic E-state index is 13.0. The average Bonchev–Trinajstić information content (AvgIpc) is 3.12. The van der Waals surface area contributed by atoms with Gasteiger partial charge < -0.3 is 21.0 Å². The van der Waals surface area contributed by atoms with Gasteiger partial charge in [-0.15, -0.1) is 5.06 Å². The minimum Gasteiger partial charge on any atom is -0.446 e. The molecular formula is C25H29N3O5. The summed E-state index contributed by atoms with van der Waals surface area (Å²) < 4.78 is 5.57. The highest BCUT2D eigenvalue weighted by atomic mass is 16.8. The highest BCUT2D eigenvalue weighted by Gasteiger charge is 2.35. The molecule has 4 N–H and O–H groups in total. The van der Waals surface area contributed by atoms with Crippen molar-refractivity contribution in [1.29, 1.82) is 0 Å². The average molecular weight is 452 g/mol. The van der Waals surface area contributed by atoms with Crippen molar-refractivity contribution in [2.45, 2.75) is 38.1 Å². The van der Waals surface area contributed by atoms with E-state index in [1.165, 1.54) is 6.92 Å². The van der Waals surface area contributed by atoms with Gasteiger partial charge in [0.25, 0.3) is 0 Å². The number of ether oxygens (including phenoxy) is 1. The van der Waals surface area contributed by atoms with Gasteiger partial charge in [-0.3, -0.25) is 4.79 Å². The highest BCUT2D eigenvalue weighted by Crippen LogP contribution is 2.44. The Kier molecular flexibility index (Phi) is 7.84. The number of carbonyl (C=O) groups is 3. The first-order chi connectivity index (χ1) is 15.8. The number of nitrogens with two attached hydrogens (primary N) is 2. The van der Waals surface area contributed by atoms with Gasteiger partial charge >= 0.3 is 12.1 Å². The molecular weight excluding hydrogens is 422 g/mol. The minimum atomic E-state index is -1.18. The van der Waals surface area contributed by atoms with Gasteiger partial charge in [0, 0.05) is 11.5 Å². The van der Waals surface area contributed by atoms with Crippen LogP contribution in [0.4, 0.5) is 4.79 Å². The zero-order valence-corrected chi connectivity index (χ0v) is 18.7. The summed E-state index contributed by atoms with van der Waals surface area (Å²) >= 11 is 0. The Morgan fingerprint density at radius 1 is 1.03 bits per heavy atom. The quantitative estimate of drug-likeness (QED) is 0.342. The summed E-state index contributed by atoms with van der Waals surface area (Å²) in [6.07, 6.45) is 0.349. The number of unbranched alkanes of at least 4 members (excludes halogenated alkanes) is 1. The van der Waals surface area contributed by atoms with Crippen LogP contribution in [0, 0.1) is 0 Å². The van der Waals surface area contributed by atoms with Crippen LogP contribution in [-0.4, -0.2) is 42.2 Å². The van der Waals surface area contributed by atoms with Crippen molar-refractivity contribution in [3.63, 3.8) is 0 Å². The zero-order chi connectivity index (χ0) is 24.0. The molecule has 33 heavy (non-hydrogen) atoms. The Morgan fingerprint density at radius 2 is 1.61 bits per heavy atom. The van der Waals surface area contributed by atoms with Crippen molar-refractivity contribution in [3.05, 3.63) is 71.8 Å². The van der Waals surface area contributed by atoms with Crippen molar-refractivity contribution in [3.8, 4) is 11.1 Å². The fraction of sp³-hybridized carbons (Fsp3) is 0.320. The Bertz CT molecular complexity index is 1010. The van der Waals surface area contributed by atoms with E-state index in [0.717, 1.165) is 22.3 Å². The van der Waals surface area contributed by atoms with Crippen molar-refractivity contribution >= 4 is 18.0 Å². The number of nitrogens with zero attached hydrogens (tertiary/aromatic N) is 1. The second-order valence-corrected chi connectivity index (χ2v) is 7.99. The maximum Gasteiger partial charge on any atom is 0.444 e. The van der Waals surface area contributed by atoms with E-state index < -0.39 is 24.0 Å². The van der Waals surface area contributed by atoms with E-state index in [2.05, 4.69) is 6.58 Å². The Balaban J connectivity index is 1.81. The number of hydrogen-bond acceptors (Lipinski definition) is 6. The monoisotopic (exact) mass is 451 g/mol. The van der Waals surface area contributed by atoms with Crippen molar-refractivity contribution < 1.29 is 24.0 Å². The fourth-order valence-electron chi connectivity index (χ4n) is 3.91. The van der Waals surface area contributed by atoms with Crippen LogP contribution in [0.1, 0.15) is 43.2 Å². The number of primary amides is 1. The Hall–Kier alpha value is -3.65. The van der Waals surface area contributed by atoms with Gasteiger partial charge in [0.1, 0.15) is 6.61 Å². The third-order valence-electron chi connectivity index (χ3n) is 5.59. The fourth-order valence-corrected chi connectivity index (χ4v) is 3.91. The van der Waals surface area contributed by atoms with Gasteiger partial charge in [0.05, 0.1) is 0 Å². The summed E-state index contributed by atoms with van der Waals surface area (Å²) in [6.45, 7) is 5.38. The van der Waals surface area contributed by atoms with Crippen molar-refractivity contribution in [1.82, 2.24) is 5.06 Å². The van der Waals surface area contributed by atoms with Crippen LogP contribution >= 0.6 is 0 Å². The van der Waals surface area contributed by atoms with Crippen LogP contribution in [0.3, 0.4) is 0 Å². The van der Waals surface area contributed by atoms with E-state index in [1.807, 2.05) is 48.5 Å². The van der Waals surface area contributed by atoms with Gasteiger partial charge in [-0.05, 0) is 55.0 Å². The number of hydroxylamine groups is 2. The summed E-state index contributed by atoms with van der Waals surface area (Å²) in [5, 5.41) is 0.628. The summed E-state index contributed by atoms with van der Waals surface area (Å²) in [7, 11) is 0. The van der Waals surface area contributed by atoms with Crippen LogP contribution in [0.15, 0.2) is 60.7 Å². The van der Waals surface area contributed by atoms with Crippen LogP contribution < -0.4 is 11.5 Å². The smallest absolute Gasteiger partial charge is 0.444 e. The maximum atomic E-state index is 13.0. The third-order valence-corrected chi connectivity index (χ3v) is 5.59. The Morgan fingerprint density at radius 3 is 2.12 bits per heavy atom. The summed E-state index contributed by atoms with van der Waals surface area (Å²) in [5.74, 6) is -1.85. The molecule has 2 aromatic carbocycles. The topological polar surface area (TPSA) is 125 Å². The second kappa shape index (κ2) is 10.8. The van der Waals surface area contributed by atoms with E-state index in [4.69, 9.17) is 21.0 Å². The molecule has 0 spiro atoms. The van der Waals surface area contributed by atoms with Crippen LogP contribution in [-0.2, 0) is 19.2 Å². The summed E-state index contributed by atoms with van der Waals surface area (Å²) in [4.78, 5) is 42.5. The normalized spacial score (nSPS) is 12.9. The number of carbonyl (C=O) groups excluding carboxylic acids is 3. The molecule has 1 aliphatic rings. The first kappa shape index (κ1) is 24.0. The van der Waals surface area contributed by atoms with Gasteiger partial charge in [-0.1, -0.05) is 55.1 Å². The lowest BCUT2D eigenvalue weighted by atomic mass is 9.98. The number of rotatable bonds is 9. The first-order valence-corrected chi connectivity index (χ1v) is 10.9. The molecule has 0 aromatic heterocycles. The molecule has 0 saturated heterocycles. The number of hydrogen-bond donors (Lipinski definition) is 2. The molecule has 1 aliphatic carbocycles. The van der Waals surface area contributed by atoms with E-state index in [9.17, 15) is 14.4 Å². The molecule has 0 heterocycles.